The molecular weight excluding hydrogens is 447 g/mol. The molecule has 1 aliphatic heterocycles. The average Bonchev–Trinajstić information content (AvgIpc) is 2.73. The Hall–Kier alpha value is -2.69. The van der Waals surface area contributed by atoms with Crippen LogP contribution in [-0.2, 0) is 22.6 Å². The molecule has 1 aliphatic rings. The van der Waals surface area contributed by atoms with E-state index in [-0.39, 0.29) is 28.8 Å². The minimum Gasteiger partial charge on any atom is -0.423 e. The van der Waals surface area contributed by atoms with Crippen molar-refractivity contribution in [3.63, 3.8) is 0 Å². The molecule has 4 rings (SSSR count). The number of nitrogens with zero attached hydrogens (tertiary/aromatic N) is 1. The largest absolute Gasteiger partial charge is 0.423 e. The van der Waals surface area contributed by atoms with Crippen LogP contribution in [0.5, 0.6) is 0 Å². The number of piperidine rings is 1. The Bertz CT molecular complexity index is 1300. The highest BCUT2D eigenvalue weighted by Crippen LogP contribution is 2.34. The number of aliphatic hydroxyl groups excluding tert-OH is 1. The normalized spacial score (nSPS) is 18.2. The quantitative estimate of drug-likeness (QED) is 0.588. The lowest BCUT2D eigenvalue weighted by molar-refractivity contribution is -0.136. The molecule has 1 saturated heterocycles. The fourth-order valence-electron chi connectivity index (χ4n) is 3.87. The second-order valence-electron chi connectivity index (χ2n) is 7.72. The molecule has 1 fully saturated rings. The van der Waals surface area contributed by atoms with Crippen LogP contribution in [0.3, 0.4) is 0 Å². The van der Waals surface area contributed by atoms with Crippen LogP contribution in [0.25, 0.3) is 11.0 Å². The third-order valence-electron chi connectivity index (χ3n) is 5.47. The predicted octanol–water partition coefficient (Wildman–Crippen LogP) is 3.90. The molecule has 10 heteroatoms. The number of halogens is 3. The standard InChI is InChI=1S/C22H20F3NO5S/c23-22(24,25)18-13-21(28)31-19-9-6-15(12-17(18)19)11-14-4-7-16(8-5-14)32(29,30)26-10-2-1-3-20(26)27/h4-9,12-13,20,27H,1-3,10-11H2. The van der Waals surface area contributed by atoms with E-state index < -0.39 is 33.6 Å². The summed E-state index contributed by atoms with van der Waals surface area (Å²) >= 11 is 0. The molecule has 1 atom stereocenters. The van der Waals surface area contributed by atoms with E-state index in [9.17, 15) is 31.5 Å². The number of alkyl halides is 3. The molecule has 2 aromatic carbocycles. The van der Waals surface area contributed by atoms with Crippen molar-refractivity contribution >= 4 is 21.0 Å². The number of rotatable bonds is 4. The molecule has 170 valence electrons. The van der Waals surface area contributed by atoms with Crippen LogP contribution < -0.4 is 5.63 Å². The van der Waals surface area contributed by atoms with E-state index in [4.69, 9.17) is 4.42 Å². The zero-order valence-electron chi connectivity index (χ0n) is 16.8. The van der Waals surface area contributed by atoms with Crippen LogP contribution in [0.4, 0.5) is 13.2 Å². The Morgan fingerprint density at radius 1 is 1.03 bits per heavy atom. The van der Waals surface area contributed by atoms with Gasteiger partial charge in [-0.25, -0.2) is 13.2 Å². The Balaban J connectivity index is 1.61. The number of aliphatic hydroxyl groups is 1. The van der Waals surface area contributed by atoms with Gasteiger partial charge in [0.15, 0.2) is 0 Å². The van der Waals surface area contributed by atoms with Gasteiger partial charge in [0.25, 0.3) is 0 Å². The van der Waals surface area contributed by atoms with E-state index in [1.807, 2.05) is 0 Å². The summed E-state index contributed by atoms with van der Waals surface area (Å²) in [4.78, 5) is 11.5. The van der Waals surface area contributed by atoms with Gasteiger partial charge in [-0.2, -0.15) is 17.5 Å². The van der Waals surface area contributed by atoms with Crippen molar-refractivity contribution in [2.24, 2.45) is 0 Å². The zero-order chi connectivity index (χ0) is 23.1. The lowest BCUT2D eigenvalue weighted by Crippen LogP contribution is -2.43. The molecule has 0 amide bonds. The van der Waals surface area contributed by atoms with Crippen molar-refractivity contribution in [1.82, 2.24) is 4.31 Å². The molecule has 3 aromatic rings. The van der Waals surface area contributed by atoms with Gasteiger partial charge in [0.2, 0.25) is 10.0 Å². The van der Waals surface area contributed by atoms with Gasteiger partial charge in [0.05, 0.1) is 10.5 Å². The van der Waals surface area contributed by atoms with E-state index in [1.165, 1.54) is 24.3 Å². The number of hydrogen-bond donors (Lipinski definition) is 1. The van der Waals surface area contributed by atoms with Gasteiger partial charge in [0, 0.05) is 18.0 Å². The van der Waals surface area contributed by atoms with Crippen LogP contribution in [0.15, 0.2) is 62.6 Å². The van der Waals surface area contributed by atoms with Crippen LogP contribution in [0.1, 0.15) is 36.0 Å². The van der Waals surface area contributed by atoms with E-state index in [0.29, 0.717) is 30.0 Å². The summed E-state index contributed by atoms with van der Waals surface area (Å²) in [6, 6.07) is 10.6. The van der Waals surface area contributed by atoms with Crippen molar-refractivity contribution in [1.29, 1.82) is 0 Å². The highest BCUT2D eigenvalue weighted by molar-refractivity contribution is 7.89. The Morgan fingerprint density at radius 3 is 2.38 bits per heavy atom. The molecule has 1 unspecified atom stereocenters. The molecule has 1 aromatic heterocycles. The number of benzene rings is 2. The molecule has 0 saturated carbocycles. The third-order valence-corrected chi connectivity index (χ3v) is 7.38. The smallest absolute Gasteiger partial charge is 0.417 e. The van der Waals surface area contributed by atoms with Crippen molar-refractivity contribution in [3.05, 3.63) is 75.6 Å². The first-order valence-electron chi connectivity index (χ1n) is 9.98. The summed E-state index contributed by atoms with van der Waals surface area (Å²) in [7, 11) is -3.84. The monoisotopic (exact) mass is 467 g/mol. The van der Waals surface area contributed by atoms with Crippen molar-refractivity contribution in [2.75, 3.05) is 6.54 Å². The van der Waals surface area contributed by atoms with Gasteiger partial charge in [-0.15, -0.1) is 0 Å². The molecule has 0 bridgehead atoms. The minimum absolute atomic E-state index is 0.0434. The summed E-state index contributed by atoms with van der Waals surface area (Å²) in [5.74, 6) is 0. The third kappa shape index (κ3) is 4.43. The van der Waals surface area contributed by atoms with Crippen LogP contribution in [0, 0.1) is 0 Å². The molecular formula is C22H20F3NO5S. The SMILES string of the molecule is O=c1cc(C(F)(F)F)c2cc(Cc3ccc(S(=O)(=O)N4CCCCC4O)cc3)ccc2o1. The predicted molar refractivity (Wildman–Crippen MR) is 110 cm³/mol. The first kappa shape index (κ1) is 22.5. The maximum absolute atomic E-state index is 13.3. The lowest BCUT2D eigenvalue weighted by atomic mass is 10.0. The van der Waals surface area contributed by atoms with Crippen LogP contribution >= 0.6 is 0 Å². The summed E-state index contributed by atoms with van der Waals surface area (Å²) in [5, 5.41) is 9.82. The summed E-state index contributed by atoms with van der Waals surface area (Å²) in [5.41, 5.74) is -1.07. The first-order chi connectivity index (χ1) is 15.1. The highest BCUT2D eigenvalue weighted by atomic mass is 32.2. The Kier molecular flexibility index (Phi) is 5.87. The van der Waals surface area contributed by atoms with Gasteiger partial charge in [0.1, 0.15) is 11.8 Å². The van der Waals surface area contributed by atoms with Crippen LogP contribution in [-0.4, -0.2) is 30.6 Å². The van der Waals surface area contributed by atoms with E-state index >= 15 is 0 Å². The number of hydrogen-bond acceptors (Lipinski definition) is 5. The fourth-order valence-corrected chi connectivity index (χ4v) is 5.42. The fraction of sp³-hybridized carbons (Fsp3) is 0.318. The number of fused-ring (bicyclic) bond motifs is 1. The van der Waals surface area contributed by atoms with Gasteiger partial charge in [-0.05, 0) is 61.1 Å². The van der Waals surface area contributed by atoms with Gasteiger partial charge in [-0.3, -0.25) is 0 Å². The molecule has 2 heterocycles. The van der Waals surface area contributed by atoms with Gasteiger partial charge >= 0.3 is 11.8 Å². The maximum Gasteiger partial charge on any atom is 0.417 e. The Morgan fingerprint density at radius 2 is 1.72 bits per heavy atom. The molecule has 1 N–H and O–H groups in total. The summed E-state index contributed by atoms with van der Waals surface area (Å²) in [6.45, 7) is 0.250. The number of sulfonamides is 1. The van der Waals surface area contributed by atoms with Crippen molar-refractivity contribution in [3.8, 4) is 0 Å². The average molecular weight is 467 g/mol. The second-order valence-corrected chi connectivity index (χ2v) is 9.61. The van der Waals surface area contributed by atoms with Crippen molar-refractivity contribution in [2.45, 2.75) is 43.0 Å². The molecule has 32 heavy (non-hydrogen) atoms. The highest BCUT2D eigenvalue weighted by Gasteiger charge is 2.34. The minimum atomic E-state index is -4.71. The first-order valence-corrected chi connectivity index (χ1v) is 11.4. The maximum atomic E-state index is 13.3. The van der Waals surface area contributed by atoms with E-state index in [2.05, 4.69) is 0 Å². The summed E-state index contributed by atoms with van der Waals surface area (Å²) < 4.78 is 71.6. The molecule has 0 spiro atoms. The molecule has 0 radical (unpaired) electrons. The topological polar surface area (TPSA) is 87.8 Å². The summed E-state index contributed by atoms with van der Waals surface area (Å²) in [6.07, 6.45) is -3.68. The van der Waals surface area contributed by atoms with E-state index in [0.717, 1.165) is 10.7 Å². The molecule has 6 nitrogen and oxygen atoms in total. The Labute approximate surface area is 181 Å². The van der Waals surface area contributed by atoms with Crippen LogP contribution in [0.2, 0.25) is 0 Å². The molecule has 0 aliphatic carbocycles. The zero-order valence-corrected chi connectivity index (χ0v) is 17.6. The van der Waals surface area contributed by atoms with Gasteiger partial charge in [-0.1, -0.05) is 18.2 Å². The van der Waals surface area contributed by atoms with Crippen molar-refractivity contribution < 1.29 is 31.1 Å². The second kappa shape index (κ2) is 8.34. The van der Waals surface area contributed by atoms with Gasteiger partial charge < -0.3 is 9.52 Å². The van der Waals surface area contributed by atoms with E-state index in [1.54, 1.807) is 18.2 Å². The lowest BCUT2D eigenvalue weighted by Gasteiger charge is -2.31.